The maximum Gasteiger partial charge on any atom is 0.341 e. The van der Waals surface area contributed by atoms with Gasteiger partial charge in [-0.3, -0.25) is 9.59 Å². The minimum absolute atomic E-state index is 0.264. The van der Waals surface area contributed by atoms with E-state index in [2.05, 4.69) is 15.5 Å². The van der Waals surface area contributed by atoms with Crippen molar-refractivity contribution in [3.8, 4) is 5.75 Å². The van der Waals surface area contributed by atoms with Crippen LogP contribution in [-0.4, -0.2) is 28.8 Å². The van der Waals surface area contributed by atoms with Gasteiger partial charge < -0.3 is 15.2 Å². The Morgan fingerprint density at radius 3 is 2.52 bits per heavy atom. The summed E-state index contributed by atoms with van der Waals surface area (Å²) < 4.78 is 5.71. The van der Waals surface area contributed by atoms with Gasteiger partial charge in [0.25, 0.3) is 0 Å². The van der Waals surface area contributed by atoms with Crippen LogP contribution in [0, 0.1) is 0 Å². The van der Waals surface area contributed by atoms with Gasteiger partial charge in [-0.2, -0.15) is 10.2 Å². The zero-order chi connectivity index (χ0) is 19.9. The van der Waals surface area contributed by atoms with E-state index in [1.165, 1.54) is 13.0 Å². The van der Waals surface area contributed by atoms with Gasteiger partial charge in [0.15, 0.2) is 5.78 Å². The smallest absolute Gasteiger partial charge is 0.341 e. The number of amides is 1. The summed E-state index contributed by atoms with van der Waals surface area (Å²) in [5.41, 5.74) is -0.407. The predicted molar refractivity (Wildman–Crippen MR) is 98.1 cm³/mol. The van der Waals surface area contributed by atoms with Gasteiger partial charge >= 0.3 is 5.97 Å². The molecule has 140 valence electrons. The topological polar surface area (TPSA) is 117 Å². The molecule has 1 unspecified atom stereocenters. The second-order valence-electron chi connectivity index (χ2n) is 5.85. The lowest BCUT2D eigenvalue weighted by Gasteiger charge is -2.14. The Hall–Kier alpha value is -3.55. The third-order valence-electron chi connectivity index (χ3n) is 3.88. The quantitative estimate of drug-likeness (QED) is 0.399. The molecule has 0 aromatic heterocycles. The number of benzene rings is 2. The van der Waals surface area contributed by atoms with Gasteiger partial charge in [-0.05, 0) is 37.6 Å². The molecule has 2 N–H and O–H groups in total. The summed E-state index contributed by atoms with van der Waals surface area (Å²) in [5, 5.41) is 19.2. The number of hydrogen-bond acceptors (Lipinski definition) is 6. The number of nitrogens with one attached hydrogen (secondary N) is 1. The van der Waals surface area contributed by atoms with E-state index in [4.69, 9.17) is 4.74 Å². The zero-order valence-corrected chi connectivity index (χ0v) is 14.9. The predicted octanol–water partition coefficient (Wildman–Crippen LogP) is 3.35. The maximum atomic E-state index is 11.6. The second-order valence-corrected chi connectivity index (χ2v) is 5.85. The highest BCUT2D eigenvalue weighted by Crippen LogP contribution is 2.30. The van der Waals surface area contributed by atoms with Crippen molar-refractivity contribution in [3.05, 3.63) is 54.1 Å². The molecule has 1 atom stereocenters. The number of azo groups is 1. The third-order valence-corrected chi connectivity index (χ3v) is 3.88. The molecule has 0 heterocycles. The van der Waals surface area contributed by atoms with E-state index < -0.39 is 17.3 Å². The van der Waals surface area contributed by atoms with Crippen LogP contribution in [0.4, 0.5) is 11.4 Å². The van der Waals surface area contributed by atoms with E-state index in [0.717, 1.165) is 12.5 Å². The number of anilines is 1. The number of aliphatic carboxylic acids is 1. The van der Waals surface area contributed by atoms with Gasteiger partial charge in [-0.1, -0.05) is 30.3 Å². The molecule has 1 amide bonds. The Kier molecular flexibility index (Phi) is 6.37. The molecule has 0 fully saturated rings. The summed E-state index contributed by atoms with van der Waals surface area (Å²) in [5.74, 6) is -1.63. The van der Waals surface area contributed by atoms with E-state index in [9.17, 15) is 19.5 Å². The highest BCUT2D eigenvalue weighted by atomic mass is 16.5. The largest absolute Gasteiger partial charge is 0.487 e. The number of ketones is 1. The van der Waals surface area contributed by atoms with E-state index in [-0.39, 0.29) is 5.69 Å². The lowest BCUT2D eigenvalue weighted by molar-refractivity contribution is -0.146. The summed E-state index contributed by atoms with van der Waals surface area (Å²) in [7, 11) is 0. The molecule has 2 aromatic rings. The van der Waals surface area contributed by atoms with Gasteiger partial charge in [0.05, 0.1) is 11.4 Å². The van der Waals surface area contributed by atoms with Crippen LogP contribution < -0.4 is 10.1 Å². The molecule has 0 aliphatic rings. The Labute approximate surface area is 155 Å². The second kappa shape index (κ2) is 8.70. The summed E-state index contributed by atoms with van der Waals surface area (Å²) in [6.07, 6.45) is 0.489. The number of carbonyl (C=O) groups is 3. The molecule has 0 spiro atoms. The van der Waals surface area contributed by atoms with Gasteiger partial charge in [0.1, 0.15) is 12.4 Å². The highest BCUT2D eigenvalue weighted by Gasteiger charge is 2.38. The van der Waals surface area contributed by atoms with Gasteiger partial charge in [0.2, 0.25) is 11.9 Å². The standard InChI is InChI=1S/C19H19N3O5/c1-13(24)19(2,18(25)26)22-21-15-8-9-17(16(10-15)20-12-23)27-11-14-6-4-3-5-7-14/h3-10,12H,11H2,1-2H3,(H,20,23)(H,25,26). The van der Waals surface area contributed by atoms with Gasteiger partial charge in [-0.15, -0.1) is 0 Å². The first kappa shape index (κ1) is 19.8. The molecule has 0 aliphatic heterocycles. The van der Waals surface area contributed by atoms with Crippen LogP contribution in [0.1, 0.15) is 19.4 Å². The SMILES string of the molecule is CC(=O)C(C)(N=Nc1ccc(OCc2ccccc2)c(NC=O)c1)C(=O)O. The van der Waals surface area contributed by atoms with Crippen LogP contribution in [0.3, 0.4) is 0 Å². The van der Waals surface area contributed by atoms with E-state index in [0.29, 0.717) is 24.5 Å². The zero-order valence-electron chi connectivity index (χ0n) is 14.9. The molecular formula is C19H19N3O5. The molecule has 0 aliphatic carbocycles. The van der Waals surface area contributed by atoms with Crippen molar-refractivity contribution in [1.29, 1.82) is 0 Å². The van der Waals surface area contributed by atoms with Crippen LogP contribution in [-0.2, 0) is 21.0 Å². The fourth-order valence-corrected chi connectivity index (χ4v) is 2.04. The Bertz CT molecular complexity index is 851. The fourth-order valence-electron chi connectivity index (χ4n) is 2.04. The normalized spacial score (nSPS) is 13.0. The van der Waals surface area contributed by atoms with E-state index in [1.54, 1.807) is 12.1 Å². The summed E-state index contributed by atoms with van der Waals surface area (Å²) in [6, 6.07) is 14.1. The lowest BCUT2D eigenvalue weighted by Crippen LogP contribution is -2.39. The number of carboxylic acids is 1. The fraction of sp³-hybridized carbons (Fsp3) is 0.211. The maximum absolute atomic E-state index is 11.6. The number of carbonyl (C=O) groups excluding carboxylic acids is 2. The van der Waals surface area contributed by atoms with Crippen molar-refractivity contribution in [3.63, 3.8) is 0 Å². The lowest BCUT2D eigenvalue weighted by atomic mass is 10.00. The molecule has 27 heavy (non-hydrogen) atoms. The van der Waals surface area contributed by atoms with Crippen molar-refractivity contribution in [2.24, 2.45) is 10.2 Å². The summed E-state index contributed by atoms with van der Waals surface area (Å²) in [4.78, 5) is 33.7. The third kappa shape index (κ3) is 4.97. The minimum atomic E-state index is -1.97. The number of rotatable bonds is 9. The molecule has 2 rings (SSSR count). The number of nitrogens with zero attached hydrogens (tertiary/aromatic N) is 2. The van der Waals surface area contributed by atoms with Crippen LogP contribution in [0.5, 0.6) is 5.75 Å². The van der Waals surface area contributed by atoms with Crippen LogP contribution >= 0.6 is 0 Å². The number of carboxylic acid groups (broad SMARTS) is 1. The van der Waals surface area contributed by atoms with Crippen LogP contribution in [0.2, 0.25) is 0 Å². The minimum Gasteiger partial charge on any atom is -0.487 e. The Morgan fingerprint density at radius 2 is 1.93 bits per heavy atom. The summed E-state index contributed by atoms with van der Waals surface area (Å²) >= 11 is 0. The number of hydrogen-bond donors (Lipinski definition) is 2. The molecule has 0 saturated heterocycles. The first-order valence-corrected chi connectivity index (χ1v) is 8.05. The van der Waals surface area contributed by atoms with Crippen molar-refractivity contribution < 1.29 is 24.2 Å². The average Bonchev–Trinajstić information content (AvgIpc) is 2.66. The number of ether oxygens (including phenoxy) is 1. The van der Waals surface area contributed by atoms with Crippen molar-refractivity contribution in [2.75, 3.05) is 5.32 Å². The molecule has 2 aromatic carbocycles. The Morgan fingerprint density at radius 1 is 1.22 bits per heavy atom. The van der Waals surface area contributed by atoms with Crippen molar-refractivity contribution in [1.82, 2.24) is 0 Å². The highest BCUT2D eigenvalue weighted by molar-refractivity contribution is 6.06. The van der Waals surface area contributed by atoms with Crippen LogP contribution in [0.25, 0.3) is 0 Å². The molecule has 0 bridgehead atoms. The molecule has 0 radical (unpaired) electrons. The monoisotopic (exact) mass is 369 g/mol. The molecule has 8 nitrogen and oxygen atoms in total. The van der Waals surface area contributed by atoms with E-state index >= 15 is 0 Å². The molecular weight excluding hydrogens is 350 g/mol. The molecule has 0 saturated carbocycles. The number of Topliss-reactive ketones (excluding diaryl/α,β-unsaturated/α-hetero) is 1. The van der Waals surface area contributed by atoms with E-state index in [1.807, 2.05) is 30.3 Å². The Balaban J connectivity index is 2.23. The van der Waals surface area contributed by atoms with Gasteiger partial charge in [0, 0.05) is 0 Å². The van der Waals surface area contributed by atoms with Crippen LogP contribution in [0.15, 0.2) is 58.8 Å². The summed E-state index contributed by atoms with van der Waals surface area (Å²) in [6.45, 7) is 2.60. The average molecular weight is 369 g/mol. The first-order valence-electron chi connectivity index (χ1n) is 8.05. The van der Waals surface area contributed by atoms with Crippen molar-refractivity contribution >= 4 is 29.5 Å². The van der Waals surface area contributed by atoms with Gasteiger partial charge in [-0.25, -0.2) is 4.79 Å². The van der Waals surface area contributed by atoms with Crippen molar-refractivity contribution in [2.45, 2.75) is 26.0 Å². The molecule has 8 heteroatoms. The first-order chi connectivity index (χ1) is 12.9.